The minimum absolute atomic E-state index is 0.0200. The van der Waals surface area contributed by atoms with Crippen LogP contribution in [0.1, 0.15) is 21.7 Å². The van der Waals surface area contributed by atoms with E-state index in [0.29, 0.717) is 18.8 Å². The second-order valence-corrected chi connectivity index (χ2v) is 6.45. The van der Waals surface area contributed by atoms with Crippen molar-refractivity contribution in [1.82, 2.24) is 19.9 Å². The SMILES string of the molecule is O=C(c1ccccn1)N1CCc2ncnc(-c3ccsc3)c2CC1. The van der Waals surface area contributed by atoms with E-state index in [1.54, 1.807) is 29.9 Å². The number of nitrogens with zero attached hydrogens (tertiary/aromatic N) is 4. The van der Waals surface area contributed by atoms with Gasteiger partial charge in [0.05, 0.1) is 5.69 Å². The van der Waals surface area contributed by atoms with Crippen LogP contribution in [0, 0.1) is 0 Å². The van der Waals surface area contributed by atoms with Crippen LogP contribution in [-0.4, -0.2) is 38.8 Å². The summed E-state index contributed by atoms with van der Waals surface area (Å²) in [4.78, 5) is 27.6. The van der Waals surface area contributed by atoms with Crippen molar-refractivity contribution in [2.24, 2.45) is 0 Å². The number of pyridine rings is 1. The maximum absolute atomic E-state index is 12.6. The molecule has 5 nitrogen and oxygen atoms in total. The van der Waals surface area contributed by atoms with E-state index in [4.69, 9.17) is 0 Å². The molecule has 0 unspecified atom stereocenters. The van der Waals surface area contributed by atoms with Crippen molar-refractivity contribution < 1.29 is 4.79 Å². The van der Waals surface area contributed by atoms with E-state index in [0.717, 1.165) is 35.4 Å². The van der Waals surface area contributed by atoms with Gasteiger partial charge >= 0.3 is 0 Å². The van der Waals surface area contributed by atoms with E-state index in [1.807, 2.05) is 17.0 Å². The number of fused-ring (bicyclic) bond motifs is 1. The van der Waals surface area contributed by atoms with Crippen molar-refractivity contribution in [2.45, 2.75) is 12.8 Å². The Balaban J connectivity index is 1.61. The summed E-state index contributed by atoms with van der Waals surface area (Å²) in [7, 11) is 0. The van der Waals surface area contributed by atoms with Gasteiger partial charge in [-0.2, -0.15) is 11.3 Å². The number of rotatable bonds is 2. The summed E-state index contributed by atoms with van der Waals surface area (Å²) in [5, 5.41) is 4.15. The van der Waals surface area contributed by atoms with Crippen LogP contribution in [0.3, 0.4) is 0 Å². The number of hydrogen-bond acceptors (Lipinski definition) is 5. The highest BCUT2D eigenvalue weighted by Gasteiger charge is 2.23. The summed E-state index contributed by atoms with van der Waals surface area (Å²) in [5.74, 6) is -0.0200. The van der Waals surface area contributed by atoms with Crippen molar-refractivity contribution in [3.05, 3.63) is 64.5 Å². The molecular weight excluding hydrogens is 320 g/mol. The Hall–Kier alpha value is -2.60. The van der Waals surface area contributed by atoms with Crippen molar-refractivity contribution in [2.75, 3.05) is 13.1 Å². The molecule has 0 atom stereocenters. The van der Waals surface area contributed by atoms with Crippen molar-refractivity contribution in [1.29, 1.82) is 0 Å². The predicted molar refractivity (Wildman–Crippen MR) is 92.9 cm³/mol. The first kappa shape index (κ1) is 15.0. The maximum atomic E-state index is 12.6. The smallest absolute Gasteiger partial charge is 0.272 e. The second kappa shape index (κ2) is 6.49. The van der Waals surface area contributed by atoms with Gasteiger partial charge < -0.3 is 4.90 Å². The molecule has 0 radical (unpaired) electrons. The molecule has 0 saturated carbocycles. The number of carbonyl (C=O) groups excluding carboxylic acids is 1. The molecule has 1 amide bonds. The van der Waals surface area contributed by atoms with Crippen LogP contribution in [-0.2, 0) is 12.8 Å². The van der Waals surface area contributed by atoms with E-state index in [1.165, 1.54) is 0 Å². The number of aromatic nitrogens is 3. The molecule has 3 aromatic rings. The summed E-state index contributed by atoms with van der Waals surface area (Å²) < 4.78 is 0. The molecule has 0 aliphatic carbocycles. The van der Waals surface area contributed by atoms with Gasteiger partial charge in [0.15, 0.2) is 0 Å². The van der Waals surface area contributed by atoms with Crippen molar-refractivity contribution in [3.63, 3.8) is 0 Å². The quantitative estimate of drug-likeness (QED) is 0.722. The topological polar surface area (TPSA) is 59.0 Å². The third-order valence-electron chi connectivity index (χ3n) is 4.25. The van der Waals surface area contributed by atoms with Gasteiger partial charge in [0.1, 0.15) is 12.0 Å². The highest BCUT2D eigenvalue weighted by atomic mass is 32.1. The predicted octanol–water partition coefficient (Wildman–Crippen LogP) is 2.84. The van der Waals surface area contributed by atoms with E-state index in [9.17, 15) is 4.79 Å². The molecule has 0 aromatic carbocycles. The lowest BCUT2D eigenvalue weighted by Crippen LogP contribution is -2.33. The first-order valence-corrected chi connectivity index (χ1v) is 8.83. The molecule has 0 spiro atoms. The fourth-order valence-corrected chi connectivity index (χ4v) is 3.67. The van der Waals surface area contributed by atoms with E-state index >= 15 is 0 Å². The zero-order valence-corrected chi connectivity index (χ0v) is 13.9. The summed E-state index contributed by atoms with van der Waals surface area (Å²) in [6.07, 6.45) is 4.79. The van der Waals surface area contributed by atoms with Crippen LogP contribution >= 0.6 is 11.3 Å². The third-order valence-corrected chi connectivity index (χ3v) is 4.93. The van der Waals surface area contributed by atoms with Crippen LogP contribution in [0.2, 0.25) is 0 Å². The molecule has 6 heteroatoms. The van der Waals surface area contributed by atoms with E-state index < -0.39 is 0 Å². The van der Waals surface area contributed by atoms with Gasteiger partial charge in [-0.25, -0.2) is 9.97 Å². The number of thiophene rings is 1. The Morgan fingerprint density at radius 3 is 2.79 bits per heavy atom. The molecule has 120 valence electrons. The van der Waals surface area contributed by atoms with Crippen LogP contribution in [0.5, 0.6) is 0 Å². The maximum Gasteiger partial charge on any atom is 0.272 e. The standard InChI is InChI=1S/C18H16N4OS/c23-18(16-3-1-2-7-19-16)22-8-4-14-15(5-9-22)20-12-21-17(14)13-6-10-24-11-13/h1-3,6-7,10-12H,4-5,8-9H2. The molecule has 4 rings (SSSR count). The van der Waals surface area contributed by atoms with Gasteiger partial charge in [-0.05, 0) is 30.0 Å². The molecule has 0 fully saturated rings. The summed E-state index contributed by atoms with van der Waals surface area (Å²) in [6.45, 7) is 1.31. The lowest BCUT2D eigenvalue weighted by atomic mass is 10.0. The Kier molecular flexibility index (Phi) is 4.04. The minimum atomic E-state index is -0.0200. The Labute approximate surface area is 144 Å². The first-order valence-electron chi connectivity index (χ1n) is 7.88. The molecule has 0 saturated heterocycles. The molecular formula is C18H16N4OS. The first-order chi connectivity index (χ1) is 11.8. The number of hydrogen-bond donors (Lipinski definition) is 0. The van der Waals surface area contributed by atoms with Crippen LogP contribution in [0.4, 0.5) is 0 Å². The normalized spacial score (nSPS) is 14.1. The van der Waals surface area contributed by atoms with Crippen molar-refractivity contribution in [3.8, 4) is 11.3 Å². The minimum Gasteiger partial charge on any atom is -0.337 e. The Morgan fingerprint density at radius 1 is 1.08 bits per heavy atom. The summed E-state index contributed by atoms with van der Waals surface area (Å²) >= 11 is 1.66. The highest BCUT2D eigenvalue weighted by molar-refractivity contribution is 7.08. The van der Waals surface area contributed by atoms with E-state index in [2.05, 4.69) is 31.8 Å². The number of amides is 1. The summed E-state index contributed by atoms with van der Waals surface area (Å²) in [6, 6.07) is 7.50. The van der Waals surface area contributed by atoms with Gasteiger partial charge in [0, 0.05) is 47.9 Å². The van der Waals surface area contributed by atoms with Gasteiger partial charge in [0.2, 0.25) is 0 Å². The second-order valence-electron chi connectivity index (χ2n) is 5.67. The number of carbonyl (C=O) groups is 1. The molecule has 24 heavy (non-hydrogen) atoms. The van der Waals surface area contributed by atoms with Gasteiger partial charge in [-0.3, -0.25) is 9.78 Å². The van der Waals surface area contributed by atoms with Crippen LogP contribution in [0.25, 0.3) is 11.3 Å². The third kappa shape index (κ3) is 2.80. The van der Waals surface area contributed by atoms with Crippen LogP contribution < -0.4 is 0 Å². The van der Waals surface area contributed by atoms with Crippen LogP contribution in [0.15, 0.2) is 47.5 Å². The lowest BCUT2D eigenvalue weighted by Gasteiger charge is -2.19. The van der Waals surface area contributed by atoms with Gasteiger partial charge in [-0.1, -0.05) is 6.07 Å². The highest BCUT2D eigenvalue weighted by Crippen LogP contribution is 2.27. The van der Waals surface area contributed by atoms with Gasteiger partial charge in [-0.15, -0.1) is 0 Å². The lowest BCUT2D eigenvalue weighted by molar-refractivity contribution is 0.0757. The van der Waals surface area contributed by atoms with Crippen molar-refractivity contribution >= 4 is 17.2 Å². The fraction of sp³-hybridized carbons (Fsp3) is 0.222. The zero-order chi connectivity index (χ0) is 16.4. The Bertz CT molecular complexity index is 849. The molecule has 1 aliphatic rings. The molecule has 0 N–H and O–H groups in total. The summed E-state index contributed by atoms with van der Waals surface area (Å²) in [5.41, 5.74) is 4.82. The van der Waals surface area contributed by atoms with Gasteiger partial charge in [0.25, 0.3) is 5.91 Å². The zero-order valence-electron chi connectivity index (χ0n) is 13.1. The Morgan fingerprint density at radius 2 is 2.00 bits per heavy atom. The largest absolute Gasteiger partial charge is 0.337 e. The monoisotopic (exact) mass is 336 g/mol. The molecule has 3 aromatic heterocycles. The molecule has 1 aliphatic heterocycles. The average Bonchev–Trinajstić information content (AvgIpc) is 3.08. The van der Waals surface area contributed by atoms with E-state index in [-0.39, 0.29) is 5.91 Å². The molecule has 4 heterocycles. The fourth-order valence-electron chi connectivity index (χ4n) is 3.03. The average molecular weight is 336 g/mol. The molecule has 0 bridgehead atoms.